The summed E-state index contributed by atoms with van der Waals surface area (Å²) in [6.45, 7) is 4.28. The van der Waals surface area contributed by atoms with Crippen molar-refractivity contribution in [2.24, 2.45) is 5.73 Å². The second-order valence-electron chi connectivity index (χ2n) is 4.20. The molecule has 0 amide bonds. The Kier molecular flexibility index (Phi) is 4.32. The molecule has 1 unspecified atom stereocenters. The second-order valence-corrected chi connectivity index (χ2v) is 4.20. The Morgan fingerprint density at radius 2 is 2.18 bits per heavy atom. The molecular formula is C13H17ClN2O. The SMILES string of the molecule is CC(=O)c1ccc2[nH]cc(C(C)CN)c2c1.Cl. The Hall–Kier alpha value is -1.32. The smallest absolute Gasteiger partial charge is 0.159 e. The van der Waals surface area contributed by atoms with Gasteiger partial charge in [0.25, 0.3) is 0 Å². The monoisotopic (exact) mass is 252 g/mol. The summed E-state index contributed by atoms with van der Waals surface area (Å²) in [4.78, 5) is 14.5. The van der Waals surface area contributed by atoms with Gasteiger partial charge in [-0.25, -0.2) is 0 Å². The highest BCUT2D eigenvalue weighted by Gasteiger charge is 2.11. The normalized spacial score (nSPS) is 12.2. The molecule has 0 saturated carbocycles. The summed E-state index contributed by atoms with van der Waals surface area (Å²) < 4.78 is 0. The lowest BCUT2D eigenvalue weighted by atomic mass is 9.99. The quantitative estimate of drug-likeness (QED) is 0.826. The van der Waals surface area contributed by atoms with Crippen LogP contribution in [0.4, 0.5) is 0 Å². The fourth-order valence-corrected chi connectivity index (χ4v) is 1.90. The molecule has 0 bridgehead atoms. The number of fused-ring (bicyclic) bond motifs is 1. The molecule has 0 aliphatic rings. The number of nitrogens with one attached hydrogen (secondary N) is 1. The van der Waals surface area contributed by atoms with Crippen LogP contribution in [0.5, 0.6) is 0 Å². The molecule has 0 aliphatic heterocycles. The van der Waals surface area contributed by atoms with E-state index in [0.717, 1.165) is 16.5 Å². The van der Waals surface area contributed by atoms with E-state index in [1.165, 1.54) is 5.56 Å². The molecule has 17 heavy (non-hydrogen) atoms. The number of benzene rings is 1. The van der Waals surface area contributed by atoms with Gasteiger partial charge in [-0.3, -0.25) is 4.79 Å². The summed E-state index contributed by atoms with van der Waals surface area (Å²) in [6.07, 6.45) is 1.98. The zero-order valence-electron chi connectivity index (χ0n) is 9.99. The maximum Gasteiger partial charge on any atom is 0.159 e. The van der Waals surface area contributed by atoms with Gasteiger partial charge in [-0.15, -0.1) is 12.4 Å². The fraction of sp³-hybridized carbons (Fsp3) is 0.308. The molecule has 2 aromatic rings. The summed E-state index contributed by atoms with van der Waals surface area (Å²) in [5, 5.41) is 1.10. The lowest BCUT2D eigenvalue weighted by Gasteiger charge is -2.06. The maximum absolute atomic E-state index is 11.3. The van der Waals surface area contributed by atoms with Crippen molar-refractivity contribution in [3.63, 3.8) is 0 Å². The number of aromatic nitrogens is 1. The number of carbonyl (C=O) groups excluding carboxylic acids is 1. The summed E-state index contributed by atoms with van der Waals surface area (Å²) in [6, 6.07) is 5.73. The molecule has 2 rings (SSSR count). The van der Waals surface area contributed by atoms with Crippen LogP contribution < -0.4 is 5.73 Å². The predicted molar refractivity (Wildman–Crippen MR) is 73.0 cm³/mol. The van der Waals surface area contributed by atoms with Gasteiger partial charge in [-0.1, -0.05) is 6.92 Å². The molecule has 1 heterocycles. The third-order valence-corrected chi connectivity index (χ3v) is 3.00. The molecule has 92 valence electrons. The van der Waals surface area contributed by atoms with Crippen LogP contribution in [0, 0.1) is 0 Å². The highest BCUT2D eigenvalue weighted by molar-refractivity contribution is 5.98. The molecule has 0 aliphatic carbocycles. The Bertz CT molecular complexity index is 533. The Morgan fingerprint density at radius 1 is 1.47 bits per heavy atom. The van der Waals surface area contributed by atoms with E-state index >= 15 is 0 Å². The summed E-state index contributed by atoms with van der Waals surface area (Å²) >= 11 is 0. The minimum absolute atomic E-state index is 0. The van der Waals surface area contributed by atoms with Crippen LogP contribution in [-0.4, -0.2) is 17.3 Å². The highest BCUT2D eigenvalue weighted by atomic mass is 35.5. The zero-order valence-corrected chi connectivity index (χ0v) is 10.8. The molecular weight excluding hydrogens is 236 g/mol. The van der Waals surface area contributed by atoms with Gasteiger partial charge >= 0.3 is 0 Å². The number of carbonyl (C=O) groups is 1. The summed E-state index contributed by atoms with van der Waals surface area (Å²) in [5.74, 6) is 0.394. The molecule has 0 radical (unpaired) electrons. The van der Waals surface area contributed by atoms with Gasteiger partial charge in [0.1, 0.15) is 0 Å². The van der Waals surface area contributed by atoms with Crippen molar-refractivity contribution in [2.75, 3.05) is 6.54 Å². The van der Waals surface area contributed by atoms with Gasteiger partial charge in [0.15, 0.2) is 5.78 Å². The number of H-pyrrole nitrogens is 1. The third-order valence-electron chi connectivity index (χ3n) is 3.00. The lowest BCUT2D eigenvalue weighted by Crippen LogP contribution is -2.08. The van der Waals surface area contributed by atoms with Crippen LogP contribution in [0.3, 0.4) is 0 Å². The van der Waals surface area contributed by atoms with E-state index in [-0.39, 0.29) is 18.2 Å². The first-order chi connectivity index (χ1) is 7.63. The van der Waals surface area contributed by atoms with Crippen LogP contribution in [0.15, 0.2) is 24.4 Å². The average molecular weight is 253 g/mol. The molecule has 0 fully saturated rings. The minimum atomic E-state index is 0. The Morgan fingerprint density at radius 3 is 2.76 bits per heavy atom. The second kappa shape index (κ2) is 5.34. The standard InChI is InChI=1S/C13H16N2O.ClH/c1-8(6-14)12-7-15-13-4-3-10(9(2)16)5-11(12)13;/h3-5,7-8,15H,6,14H2,1-2H3;1H. The Balaban J connectivity index is 0.00000144. The maximum atomic E-state index is 11.3. The summed E-state index contributed by atoms with van der Waals surface area (Å²) in [5.41, 5.74) is 8.66. The van der Waals surface area contributed by atoms with Gasteiger partial charge in [-0.05, 0) is 43.1 Å². The first kappa shape index (κ1) is 13.7. The third kappa shape index (κ3) is 2.51. The topological polar surface area (TPSA) is 58.9 Å². The van der Waals surface area contributed by atoms with E-state index in [9.17, 15) is 4.79 Å². The average Bonchev–Trinajstić information content (AvgIpc) is 2.70. The first-order valence-electron chi connectivity index (χ1n) is 5.45. The highest BCUT2D eigenvalue weighted by Crippen LogP contribution is 2.25. The molecule has 1 aromatic heterocycles. The van der Waals surface area contributed by atoms with E-state index in [1.807, 2.05) is 24.4 Å². The van der Waals surface area contributed by atoms with E-state index in [1.54, 1.807) is 6.92 Å². The van der Waals surface area contributed by atoms with Crippen LogP contribution in [-0.2, 0) is 0 Å². The van der Waals surface area contributed by atoms with Gasteiger partial charge < -0.3 is 10.7 Å². The Labute approximate surface area is 107 Å². The number of hydrogen-bond acceptors (Lipinski definition) is 2. The van der Waals surface area contributed by atoms with Gasteiger partial charge in [0, 0.05) is 22.7 Å². The van der Waals surface area contributed by atoms with Crippen LogP contribution in [0.25, 0.3) is 10.9 Å². The van der Waals surface area contributed by atoms with Crippen molar-refractivity contribution < 1.29 is 4.79 Å². The molecule has 0 spiro atoms. The van der Waals surface area contributed by atoms with Crippen molar-refractivity contribution in [1.82, 2.24) is 4.98 Å². The molecule has 1 aromatic carbocycles. The van der Waals surface area contributed by atoms with Crippen LogP contribution in [0.2, 0.25) is 0 Å². The van der Waals surface area contributed by atoms with Gasteiger partial charge in [-0.2, -0.15) is 0 Å². The van der Waals surface area contributed by atoms with Crippen LogP contribution >= 0.6 is 12.4 Å². The van der Waals surface area contributed by atoms with Gasteiger partial charge in [0.2, 0.25) is 0 Å². The van der Waals surface area contributed by atoms with Gasteiger partial charge in [0.05, 0.1) is 0 Å². The van der Waals surface area contributed by atoms with Crippen molar-refractivity contribution in [3.8, 4) is 0 Å². The number of rotatable bonds is 3. The minimum Gasteiger partial charge on any atom is -0.361 e. The number of halogens is 1. The van der Waals surface area contributed by atoms with Crippen molar-refractivity contribution >= 4 is 29.1 Å². The molecule has 3 N–H and O–H groups in total. The van der Waals surface area contributed by atoms with E-state index < -0.39 is 0 Å². The van der Waals surface area contributed by atoms with E-state index in [0.29, 0.717) is 12.5 Å². The number of aromatic amines is 1. The summed E-state index contributed by atoms with van der Waals surface area (Å²) in [7, 11) is 0. The van der Waals surface area contributed by atoms with Crippen molar-refractivity contribution in [1.29, 1.82) is 0 Å². The van der Waals surface area contributed by atoms with E-state index in [2.05, 4.69) is 11.9 Å². The number of hydrogen-bond donors (Lipinski definition) is 2. The molecule has 0 saturated heterocycles. The predicted octanol–water partition coefficient (Wildman–Crippen LogP) is 2.85. The largest absolute Gasteiger partial charge is 0.361 e. The van der Waals surface area contributed by atoms with Crippen molar-refractivity contribution in [3.05, 3.63) is 35.5 Å². The molecule has 4 heteroatoms. The molecule has 3 nitrogen and oxygen atoms in total. The van der Waals surface area contributed by atoms with E-state index in [4.69, 9.17) is 5.73 Å². The van der Waals surface area contributed by atoms with Crippen LogP contribution in [0.1, 0.15) is 35.7 Å². The number of nitrogens with two attached hydrogens (primary N) is 1. The fourth-order valence-electron chi connectivity index (χ4n) is 1.90. The number of Topliss-reactive ketones (excluding diaryl/α,β-unsaturated/α-hetero) is 1. The lowest BCUT2D eigenvalue weighted by molar-refractivity contribution is 0.101. The first-order valence-corrected chi connectivity index (χ1v) is 5.45. The molecule has 1 atom stereocenters. The zero-order chi connectivity index (χ0) is 11.7. The number of ketones is 1. The van der Waals surface area contributed by atoms with Crippen molar-refractivity contribution in [2.45, 2.75) is 19.8 Å².